The fourth-order valence-electron chi connectivity index (χ4n) is 1.16. The van der Waals surface area contributed by atoms with Gasteiger partial charge in [0.1, 0.15) is 0 Å². The third-order valence-electron chi connectivity index (χ3n) is 1.91. The molecule has 1 aromatic heterocycles. The standard InChI is InChI=1S/C9H18N4/c1-10-9-7-11-13(8-9)6-4-5-12(2)3/h7-8,10H,4-6H2,1-3H3. The molecule has 1 rings (SSSR count). The van der Waals surface area contributed by atoms with E-state index in [0.717, 1.165) is 25.2 Å². The lowest BCUT2D eigenvalue weighted by Crippen LogP contribution is -2.15. The minimum Gasteiger partial charge on any atom is -0.386 e. The summed E-state index contributed by atoms with van der Waals surface area (Å²) in [5, 5.41) is 7.27. The summed E-state index contributed by atoms with van der Waals surface area (Å²) >= 11 is 0. The van der Waals surface area contributed by atoms with Crippen molar-refractivity contribution in [3.63, 3.8) is 0 Å². The van der Waals surface area contributed by atoms with E-state index in [9.17, 15) is 0 Å². The summed E-state index contributed by atoms with van der Waals surface area (Å²) in [5.41, 5.74) is 1.07. The van der Waals surface area contributed by atoms with Gasteiger partial charge in [0.2, 0.25) is 0 Å². The average Bonchev–Trinajstić information content (AvgIpc) is 2.52. The zero-order valence-corrected chi connectivity index (χ0v) is 8.62. The largest absolute Gasteiger partial charge is 0.386 e. The Labute approximate surface area is 79.5 Å². The maximum absolute atomic E-state index is 4.22. The molecule has 0 aliphatic heterocycles. The Morgan fingerprint density at radius 3 is 2.85 bits per heavy atom. The number of nitrogens with zero attached hydrogens (tertiary/aromatic N) is 3. The van der Waals surface area contributed by atoms with Crippen LogP contribution in [0.4, 0.5) is 5.69 Å². The summed E-state index contributed by atoms with van der Waals surface area (Å²) < 4.78 is 1.97. The van der Waals surface area contributed by atoms with Gasteiger partial charge < -0.3 is 10.2 Å². The fraction of sp³-hybridized carbons (Fsp3) is 0.667. The molecular weight excluding hydrogens is 164 g/mol. The van der Waals surface area contributed by atoms with Gasteiger partial charge in [-0.3, -0.25) is 4.68 Å². The molecule has 0 saturated carbocycles. The Hall–Kier alpha value is -1.03. The molecule has 0 amide bonds. The van der Waals surface area contributed by atoms with Crippen molar-refractivity contribution in [2.24, 2.45) is 0 Å². The van der Waals surface area contributed by atoms with Gasteiger partial charge in [-0.05, 0) is 27.1 Å². The Morgan fingerprint density at radius 1 is 1.54 bits per heavy atom. The van der Waals surface area contributed by atoms with Gasteiger partial charge in [0.25, 0.3) is 0 Å². The number of hydrogen-bond acceptors (Lipinski definition) is 3. The first-order valence-corrected chi connectivity index (χ1v) is 4.57. The van der Waals surface area contributed by atoms with Crippen molar-refractivity contribution in [3.8, 4) is 0 Å². The number of aryl methyl sites for hydroxylation is 1. The van der Waals surface area contributed by atoms with E-state index in [1.807, 2.05) is 24.1 Å². The molecule has 4 heteroatoms. The highest BCUT2D eigenvalue weighted by Gasteiger charge is 1.96. The maximum atomic E-state index is 4.22. The molecule has 1 N–H and O–H groups in total. The van der Waals surface area contributed by atoms with Crippen LogP contribution >= 0.6 is 0 Å². The van der Waals surface area contributed by atoms with E-state index in [2.05, 4.69) is 29.4 Å². The summed E-state index contributed by atoms with van der Waals surface area (Å²) in [6, 6.07) is 0. The minimum atomic E-state index is 0.986. The lowest BCUT2D eigenvalue weighted by molar-refractivity contribution is 0.380. The summed E-state index contributed by atoms with van der Waals surface area (Å²) in [6.07, 6.45) is 5.00. The highest BCUT2D eigenvalue weighted by Crippen LogP contribution is 2.03. The molecule has 13 heavy (non-hydrogen) atoms. The second-order valence-corrected chi connectivity index (χ2v) is 3.40. The van der Waals surface area contributed by atoms with Crippen LogP contribution in [0.3, 0.4) is 0 Å². The van der Waals surface area contributed by atoms with Crippen molar-refractivity contribution >= 4 is 5.69 Å². The Bertz CT molecular complexity index is 242. The molecule has 0 radical (unpaired) electrons. The van der Waals surface area contributed by atoms with E-state index in [0.29, 0.717) is 0 Å². The number of hydrogen-bond donors (Lipinski definition) is 1. The average molecular weight is 182 g/mol. The van der Waals surface area contributed by atoms with Gasteiger partial charge in [-0.25, -0.2) is 0 Å². The SMILES string of the molecule is CNc1cnn(CCCN(C)C)c1. The highest BCUT2D eigenvalue weighted by atomic mass is 15.3. The molecule has 0 aromatic carbocycles. The topological polar surface area (TPSA) is 33.1 Å². The van der Waals surface area contributed by atoms with E-state index in [-0.39, 0.29) is 0 Å². The van der Waals surface area contributed by atoms with Crippen molar-refractivity contribution in [1.82, 2.24) is 14.7 Å². The Morgan fingerprint density at radius 2 is 2.31 bits per heavy atom. The lowest BCUT2D eigenvalue weighted by Gasteiger charge is -2.08. The fourth-order valence-corrected chi connectivity index (χ4v) is 1.16. The van der Waals surface area contributed by atoms with Crippen molar-refractivity contribution in [3.05, 3.63) is 12.4 Å². The van der Waals surface area contributed by atoms with Gasteiger partial charge >= 0.3 is 0 Å². The van der Waals surface area contributed by atoms with Crippen LogP contribution in [0.2, 0.25) is 0 Å². The van der Waals surface area contributed by atoms with Gasteiger partial charge in [-0.1, -0.05) is 0 Å². The zero-order valence-electron chi connectivity index (χ0n) is 8.62. The number of rotatable bonds is 5. The molecule has 0 aliphatic carbocycles. The van der Waals surface area contributed by atoms with Crippen LogP contribution in [0.1, 0.15) is 6.42 Å². The molecule has 0 atom stereocenters. The molecule has 1 aromatic rings. The summed E-state index contributed by atoms with van der Waals surface area (Å²) in [4.78, 5) is 2.18. The quantitative estimate of drug-likeness (QED) is 0.733. The number of anilines is 1. The van der Waals surface area contributed by atoms with Crippen molar-refractivity contribution in [2.45, 2.75) is 13.0 Å². The number of nitrogens with one attached hydrogen (secondary N) is 1. The molecule has 0 bridgehead atoms. The van der Waals surface area contributed by atoms with Gasteiger partial charge in [-0.15, -0.1) is 0 Å². The first-order valence-electron chi connectivity index (χ1n) is 4.57. The van der Waals surface area contributed by atoms with Gasteiger partial charge in [0.15, 0.2) is 0 Å². The van der Waals surface area contributed by atoms with Crippen LogP contribution in [0.25, 0.3) is 0 Å². The molecule has 4 nitrogen and oxygen atoms in total. The molecule has 0 saturated heterocycles. The molecule has 74 valence electrons. The monoisotopic (exact) mass is 182 g/mol. The molecule has 0 spiro atoms. The van der Waals surface area contributed by atoms with Gasteiger partial charge in [0.05, 0.1) is 11.9 Å². The Balaban J connectivity index is 2.28. The first kappa shape index (κ1) is 10.1. The van der Waals surface area contributed by atoms with Crippen molar-refractivity contribution < 1.29 is 0 Å². The lowest BCUT2D eigenvalue weighted by atomic mass is 10.4. The van der Waals surface area contributed by atoms with Crippen LogP contribution in [0.15, 0.2) is 12.4 Å². The van der Waals surface area contributed by atoms with Crippen molar-refractivity contribution in [2.75, 3.05) is 33.0 Å². The molecule has 0 fully saturated rings. The normalized spacial score (nSPS) is 10.8. The third kappa shape index (κ3) is 3.46. The van der Waals surface area contributed by atoms with Gasteiger partial charge in [0, 0.05) is 19.8 Å². The summed E-state index contributed by atoms with van der Waals surface area (Å²) in [7, 11) is 6.07. The predicted molar refractivity (Wildman–Crippen MR) is 54.9 cm³/mol. The summed E-state index contributed by atoms with van der Waals surface area (Å²) in [6.45, 7) is 2.09. The predicted octanol–water partition coefficient (Wildman–Crippen LogP) is 0.876. The molecule has 1 heterocycles. The second-order valence-electron chi connectivity index (χ2n) is 3.40. The van der Waals surface area contributed by atoms with E-state index in [1.54, 1.807) is 0 Å². The van der Waals surface area contributed by atoms with E-state index in [1.165, 1.54) is 0 Å². The first-order chi connectivity index (χ1) is 6.22. The summed E-state index contributed by atoms with van der Waals surface area (Å²) in [5.74, 6) is 0. The third-order valence-corrected chi connectivity index (χ3v) is 1.91. The molecule has 0 aliphatic rings. The van der Waals surface area contributed by atoms with Crippen LogP contribution in [0.5, 0.6) is 0 Å². The zero-order chi connectivity index (χ0) is 9.68. The second kappa shape index (κ2) is 4.87. The molecule has 0 unspecified atom stereocenters. The minimum absolute atomic E-state index is 0.986. The van der Waals surface area contributed by atoms with Crippen LogP contribution in [-0.2, 0) is 6.54 Å². The van der Waals surface area contributed by atoms with Crippen LogP contribution in [-0.4, -0.2) is 42.4 Å². The van der Waals surface area contributed by atoms with Crippen LogP contribution < -0.4 is 5.32 Å². The van der Waals surface area contributed by atoms with E-state index < -0.39 is 0 Å². The van der Waals surface area contributed by atoms with E-state index >= 15 is 0 Å². The Kier molecular flexibility index (Phi) is 3.76. The highest BCUT2D eigenvalue weighted by molar-refractivity contribution is 5.36. The number of aromatic nitrogens is 2. The van der Waals surface area contributed by atoms with E-state index in [4.69, 9.17) is 0 Å². The van der Waals surface area contributed by atoms with Gasteiger partial charge in [-0.2, -0.15) is 5.10 Å². The maximum Gasteiger partial charge on any atom is 0.0723 e. The van der Waals surface area contributed by atoms with Crippen molar-refractivity contribution in [1.29, 1.82) is 0 Å². The molecular formula is C9H18N4. The van der Waals surface area contributed by atoms with Crippen LogP contribution in [0, 0.1) is 0 Å². The smallest absolute Gasteiger partial charge is 0.0723 e.